The van der Waals surface area contributed by atoms with E-state index in [-0.39, 0.29) is 0 Å². The number of hydrogen-bond donors (Lipinski definition) is 1. The second kappa shape index (κ2) is 7.19. The van der Waals surface area contributed by atoms with Gasteiger partial charge >= 0.3 is 0 Å². The fraction of sp³-hybridized carbons (Fsp3) is 0.889. The van der Waals surface area contributed by atoms with Crippen LogP contribution in [-0.4, -0.2) is 30.8 Å². The number of hydrogen-bond acceptors (Lipinski definition) is 4. The van der Waals surface area contributed by atoms with Crippen LogP contribution in [0.15, 0.2) is 0 Å². The van der Waals surface area contributed by atoms with Gasteiger partial charge in [-0.2, -0.15) is 17.0 Å². The van der Waals surface area contributed by atoms with Crippen LogP contribution >= 0.6 is 11.8 Å². The van der Waals surface area contributed by atoms with E-state index in [1.54, 1.807) is 14.0 Å². The van der Waals surface area contributed by atoms with Crippen LogP contribution in [-0.2, 0) is 4.74 Å². The third kappa shape index (κ3) is 8.10. The molecule has 0 saturated heterocycles. The largest absolute Gasteiger partial charge is 0.385 e. The first-order valence-corrected chi connectivity index (χ1v) is 5.54. The molecule has 13 heavy (non-hydrogen) atoms. The lowest BCUT2D eigenvalue weighted by Gasteiger charge is -2.13. The van der Waals surface area contributed by atoms with E-state index in [9.17, 15) is 0 Å². The first-order chi connectivity index (χ1) is 6.12. The molecular formula is C9H18N2OS. The molecule has 4 heteroatoms. The monoisotopic (exact) mass is 202 g/mol. The number of nitrogens with zero attached hydrogens (tertiary/aromatic N) is 1. The standard InChI is InChI=1S/C9H18N2OS/c1-9(11,8-10)4-7-13-6-3-5-12-2/h3-7,11H2,1-2H3. The Morgan fingerprint density at radius 3 is 2.77 bits per heavy atom. The summed E-state index contributed by atoms with van der Waals surface area (Å²) in [5, 5.41) is 8.63. The molecular weight excluding hydrogens is 184 g/mol. The Morgan fingerprint density at radius 1 is 1.54 bits per heavy atom. The molecule has 0 aliphatic carbocycles. The predicted molar refractivity (Wildman–Crippen MR) is 56.6 cm³/mol. The van der Waals surface area contributed by atoms with Gasteiger partial charge in [0.15, 0.2) is 0 Å². The summed E-state index contributed by atoms with van der Waals surface area (Å²) in [4.78, 5) is 0. The third-order valence-electron chi connectivity index (χ3n) is 1.66. The van der Waals surface area contributed by atoms with E-state index in [1.165, 1.54) is 0 Å². The maximum absolute atomic E-state index is 8.63. The Bertz CT molecular complexity index is 165. The molecule has 0 bridgehead atoms. The molecule has 0 aliphatic rings. The summed E-state index contributed by atoms with van der Waals surface area (Å²) in [5.41, 5.74) is 5.00. The van der Waals surface area contributed by atoms with Gasteiger partial charge in [0.2, 0.25) is 0 Å². The molecule has 0 fully saturated rings. The van der Waals surface area contributed by atoms with Crippen LogP contribution < -0.4 is 5.73 Å². The van der Waals surface area contributed by atoms with E-state index < -0.39 is 5.54 Å². The predicted octanol–water partition coefficient (Wildman–Crippen LogP) is 1.39. The summed E-state index contributed by atoms with van der Waals surface area (Å²) in [6.45, 7) is 2.58. The van der Waals surface area contributed by atoms with Crippen LogP contribution in [0.3, 0.4) is 0 Å². The molecule has 2 N–H and O–H groups in total. The Balaban J connectivity index is 3.22. The highest BCUT2D eigenvalue weighted by atomic mass is 32.2. The molecule has 0 rings (SSSR count). The van der Waals surface area contributed by atoms with Gasteiger partial charge in [-0.05, 0) is 31.3 Å². The first kappa shape index (κ1) is 12.8. The molecule has 1 unspecified atom stereocenters. The highest BCUT2D eigenvalue weighted by Crippen LogP contribution is 2.11. The highest BCUT2D eigenvalue weighted by molar-refractivity contribution is 7.99. The number of thioether (sulfide) groups is 1. The van der Waals surface area contributed by atoms with Crippen LogP contribution in [0.1, 0.15) is 19.8 Å². The molecule has 76 valence electrons. The number of methoxy groups -OCH3 is 1. The van der Waals surface area contributed by atoms with E-state index in [1.807, 2.05) is 11.8 Å². The molecule has 0 aliphatic heterocycles. The molecule has 0 saturated carbocycles. The SMILES string of the molecule is COCCCSCCC(C)(N)C#N. The second-order valence-electron chi connectivity index (χ2n) is 3.24. The van der Waals surface area contributed by atoms with Crippen molar-refractivity contribution >= 4 is 11.8 Å². The smallest absolute Gasteiger partial charge is 0.102 e. The zero-order chi connectivity index (χ0) is 10.2. The van der Waals surface area contributed by atoms with Gasteiger partial charge in [0, 0.05) is 13.7 Å². The molecule has 0 aromatic rings. The Morgan fingerprint density at radius 2 is 2.23 bits per heavy atom. The molecule has 0 aromatic carbocycles. The summed E-state index contributed by atoms with van der Waals surface area (Å²) >= 11 is 1.82. The maximum Gasteiger partial charge on any atom is 0.102 e. The van der Waals surface area contributed by atoms with Gasteiger partial charge < -0.3 is 10.5 Å². The maximum atomic E-state index is 8.63. The molecule has 0 spiro atoms. The summed E-state index contributed by atoms with van der Waals surface area (Å²) in [5.74, 6) is 2.03. The quantitative estimate of drug-likeness (QED) is 0.634. The fourth-order valence-corrected chi connectivity index (χ4v) is 1.84. The van der Waals surface area contributed by atoms with Crippen LogP contribution in [0.25, 0.3) is 0 Å². The van der Waals surface area contributed by atoms with Crippen molar-refractivity contribution in [1.82, 2.24) is 0 Å². The average molecular weight is 202 g/mol. The fourth-order valence-electron chi connectivity index (χ4n) is 0.747. The highest BCUT2D eigenvalue weighted by Gasteiger charge is 2.15. The summed E-state index contributed by atoms with van der Waals surface area (Å²) in [7, 11) is 1.71. The summed E-state index contributed by atoms with van der Waals surface area (Å²) < 4.78 is 4.92. The van der Waals surface area contributed by atoms with Crippen molar-refractivity contribution in [2.75, 3.05) is 25.2 Å². The van der Waals surface area contributed by atoms with E-state index in [0.29, 0.717) is 0 Å². The number of nitrogens with two attached hydrogens (primary N) is 1. The molecule has 0 aromatic heterocycles. The Labute approximate surface area is 84.6 Å². The van der Waals surface area contributed by atoms with Gasteiger partial charge in [0.05, 0.1) is 6.07 Å². The number of nitriles is 1. The molecule has 0 amide bonds. The molecule has 1 atom stereocenters. The van der Waals surface area contributed by atoms with Crippen molar-refractivity contribution in [3.63, 3.8) is 0 Å². The zero-order valence-corrected chi connectivity index (χ0v) is 9.19. The summed E-state index contributed by atoms with van der Waals surface area (Å²) in [6, 6.07) is 2.08. The molecule has 0 heterocycles. The van der Waals surface area contributed by atoms with Crippen LogP contribution in [0.2, 0.25) is 0 Å². The molecule has 3 nitrogen and oxygen atoms in total. The second-order valence-corrected chi connectivity index (χ2v) is 4.46. The van der Waals surface area contributed by atoms with Crippen LogP contribution in [0.4, 0.5) is 0 Å². The summed E-state index contributed by atoms with van der Waals surface area (Å²) in [6.07, 6.45) is 1.82. The topological polar surface area (TPSA) is 59.0 Å². The average Bonchev–Trinajstić information content (AvgIpc) is 2.11. The zero-order valence-electron chi connectivity index (χ0n) is 8.38. The van der Waals surface area contributed by atoms with Crippen LogP contribution in [0, 0.1) is 11.3 Å². The third-order valence-corrected chi connectivity index (χ3v) is 2.73. The van der Waals surface area contributed by atoms with Crippen molar-refractivity contribution in [3.05, 3.63) is 0 Å². The Hall–Kier alpha value is -0.240. The van der Waals surface area contributed by atoms with Crippen molar-refractivity contribution < 1.29 is 4.74 Å². The number of ether oxygens (including phenoxy) is 1. The van der Waals surface area contributed by atoms with E-state index >= 15 is 0 Å². The van der Waals surface area contributed by atoms with Gasteiger partial charge in [-0.3, -0.25) is 0 Å². The van der Waals surface area contributed by atoms with Gasteiger partial charge in [-0.1, -0.05) is 0 Å². The van der Waals surface area contributed by atoms with E-state index in [4.69, 9.17) is 15.7 Å². The van der Waals surface area contributed by atoms with E-state index in [0.717, 1.165) is 31.0 Å². The van der Waals surface area contributed by atoms with Gasteiger partial charge in [-0.25, -0.2) is 0 Å². The van der Waals surface area contributed by atoms with E-state index in [2.05, 4.69) is 6.07 Å². The normalized spacial score (nSPS) is 14.9. The van der Waals surface area contributed by atoms with Gasteiger partial charge in [-0.15, -0.1) is 0 Å². The van der Waals surface area contributed by atoms with Crippen molar-refractivity contribution in [2.45, 2.75) is 25.3 Å². The minimum absolute atomic E-state index is 0.658. The van der Waals surface area contributed by atoms with Crippen molar-refractivity contribution in [3.8, 4) is 6.07 Å². The van der Waals surface area contributed by atoms with Crippen molar-refractivity contribution in [1.29, 1.82) is 5.26 Å². The lowest BCUT2D eigenvalue weighted by molar-refractivity contribution is 0.200. The van der Waals surface area contributed by atoms with Gasteiger partial charge in [0.1, 0.15) is 5.54 Å². The lowest BCUT2D eigenvalue weighted by Crippen LogP contribution is -2.34. The lowest BCUT2D eigenvalue weighted by atomic mass is 10.0. The number of rotatable bonds is 7. The molecule has 0 radical (unpaired) electrons. The first-order valence-electron chi connectivity index (χ1n) is 4.39. The van der Waals surface area contributed by atoms with Gasteiger partial charge in [0.25, 0.3) is 0 Å². The minimum atomic E-state index is -0.658. The minimum Gasteiger partial charge on any atom is -0.385 e. The van der Waals surface area contributed by atoms with Crippen LogP contribution in [0.5, 0.6) is 0 Å². The van der Waals surface area contributed by atoms with Crippen molar-refractivity contribution in [2.24, 2.45) is 5.73 Å². The Kier molecular flexibility index (Phi) is 7.06.